The van der Waals surface area contributed by atoms with E-state index in [0.29, 0.717) is 0 Å². The van der Waals surface area contributed by atoms with Gasteiger partial charge in [0, 0.05) is 45.8 Å². The van der Waals surface area contributed by atoms with Crippen LogP contribution >= 0.6 is 0 Å². The first-order chi connectivity index (χ1) is 17.7. The van der Waals surface area contributed by atoms with Gasteiger partial charge in [0.05, 0.1) is 0 Å². The molecule has 0 aromatic heterocycles. The second kappa shape index (κ2) is 11.9. The number of fused-ring (bicyclic) bond motifs is 1. The first-order valence-electron chi connectivity index (χ1n) is 13.4. The summed E-state index contributed by atoms with van der Waals surface area (Å²) in [4.78, 5) is 2.54. The summed E-state index contributed by atoms with van der Waals surface area (Å²) in [5.74, 6) is 1.02. The molecule has 1 unspecified atom stereocenters. The van der Waals surface area contributed by atoms with E-state index in [1.54, 1.807) is 0 Å². The lowest BCUT2D eigenvalue weighted by molar-refractivity contribution is 0.172. The SMILES string of the molecule is Cc1ccc(/C(=C(\CCCO)c2ccccc2)c2ccc3c(c2)OC(CCN2CCNCC2)C3)cc1. The van der Waals surface area contributed by atoms with Gasteiger partial charge in [0.25, 0.3) is 0 Å². The van der Waals surface area contributed by atoms with E-state index in [9.17, 15) is 5.11 Å². The predicted octanol–water partition coefficient (Wildman–Crippen LogP) is 5.33. The van der Waals surface area contributed by atoms with Gasteiger partial charge in [0.2, 0.25) is 0 Å². The van der Waals surface area contributed by atoms with Gasteiger partial charge in [-0.05, 0) is 65.7 Å². The molecule has 0 saturated carbocycles. The number of hydrogen-bond donors (Lipinski definition) is 2. The maximum atomic E-state index is 9.67. The topological polar surface area (TPSA) is 44.7 Å². The molecule has 1 saturated heterocycles. The monoisotopic (exact) mass is 482 g/mol. The Labute approximate surface area is 215 Å². The molecule has 5 rings (SSSR count). The molecular formula is C32H38N2O2. The van der Waals surface area contributed by atoms with Crippen LogP contribution in [0.2, 0.25) is 0 Å². The standard InChI is InChI=1S/C32H38N2O2/c1-24-9-11-26(12-10-24)32(30(8-5-21-35)25-6-3-2-4-7-25)28-14-13-27-22-29(36-31(27)23-28)15-18-34-19-16-33-17-20-34/h2-4,6-7,9-14,23,29,33,35H,5,8,15-22H2,1H3/b32-30-. The van der Waals surface area contributed by atoms with Crippen molar-refractivity contribution < 1.29 is 9.84 Å². The maximum absolute atomic E-state index is 9.67. The van der Waals surface area contributed by atoms with Crippen LogP contribution < -0.4 is 10.1 Å². The number of allylic oxidation sites excluding steroid dienone is 1. The van der Waals surface area contributed by atoms with Gasteiger partial charge in [0.15, 0.2) is 0 Å². The minimum atomic E-state index is 0.180. The van der Waals surface area contributed by atoms with Crippen molar-refractivity contribution in [2.45, 2.75) is 38.7 Å². The van der Waals surface area contributed by atoms with Crippen molar-refractivity contribution in [1.29, 1.82) is 0 Å². The highest BCUT2D eigenvalue weighted by molar-refractivity contribution is 5.99. The van der Waals surface area contributed by atoms with Crippen LogP contribution in [0.25, 0.3) is 11.1 Å². The molecule has 1 atom stereocenters. The summed E-state index contributed by atoms with van der Waals surface area (Å²) in [5, 5.41) is 13.1. The largest absolute Gasteiger partial charge is 0.490 e. The third-order valence-electron chi connectivity index (χ3n) is 7.42. The van der Waals surface area contributed by atoms with Crippen molar-refractivity contribution in [3.63, 3.8) is 0 Å². The molecule has 4 heteroatoms. The first-order valence-corrected chi connectivity index (χ1v) is 13.4. The van der Waals surface area contributed by atoms with Gasteiger partial charge in [-0.15, -0.1) is 0 Å². The highest BCUT2D eigenvalue weighted by Gasteiger charge is 2.25. The van der Waals surface area contributed by atoms with Crippen molar-refractivity contribution in [3.8, 4) is 5.75 Å². The number of piperazine rings is 1. The zero-order chi connectivity index (χ0) is 24.7. The van der Waals surface area contributed by atoms with Gasteiger partial charge in [-0.2, -0.15) is 0 Å². The molecule has 0 radical (unpaired) electrons. The van der Waals surface area contributed by atoms with Crippen molar-refractivity contribution >= 4 is 11.1 Å². The molecule has 0 aliphatic carbocycles. The van der Waals surface area contributed by atoms with E-state index in [-0.39, 0.29) is 12.7 Å². The predicted molar refractivity (Wildman–Crippen MR) is 148 cm³/mol. The average molecular weight is 483 g/mol. The fraction of sp³-hybridized carbons (Fsp3) is 0.375. The molecule has 0 amide bonds. The third-order valence-corrected chi connectivity index (χ3v) is 7.42. The highest BCUT2D eigenvalue weighted by Crippen LogP contribution is 2.39. The van der Waals surface area contributed by atoms with E-state index in [1.807, 2.05) is 0 Å². The van der Waals surface area contributed by atoms with Crippen LogP contribution in [0.3, 0.4) is 0 Å². The smallest absolute Gasteiger partial charge is 0.123 e. The Hall–Kier alpha value is -2.92. The number of hydrogen-bond acceptors (Lipinski definition) is 4. The van der Waals surface area contributed by atoms with Gasteiger partial charge in [-0.3, -0.25) is 0 Å². The Bertz CT molecular complexity index is 1160. The minimum absolute atomic E-state index is 0.180. The molecule has 4 nitrogen and oxygen atoms in total. The van der Waals surface area contributed by atoms with Crippen molar-refractivity contribution in [2.24, 2.45) is 0 Å². The molecule has 3 aromatic rings. The number of ether oxygens (including phenoxy) is 1. The van der Waals surface area contributed by atoms with Crippen molar-refractivity contribution in [2.75, 3.05) is 39.3 Å². The van der Waals surface area contributed by atoms with Crippen LogP contribution in [0.4, 0.5) is 0 Å². The van der Waals surface area contributed by atoms with Gasteiger partial charge in [-0.1, -0.05) is 72.3 Å². The summed E-state index contributed by atoms with van der Waals surface area (Å²) in [5.41, 5.74) is 8.63. The fourth-order valence-electron chi connectivity index (χ4n) is 5.42. The Morgan fingerprint density at radius 3 is 2.44 bits per heavy atom. The molecule has 0 spiro atoms. The van der Waals surface area contributed by atoms with E-state index >= 15 is 0 Å². The second-order valence-corrected chi connectivity index (χ2v) is 10.1. The zero-order valence-electron chi connectivity index (χ0n) is 21.4. The van der Waals surface area contributed by atoms with Crippen LogP contribution in [0.15, 0.2) is 72.8 Å². The molecule has 188 valence electrons. The summed E-state index contributed by atoms with van der Waals surface area (Å²) in [6.07, 6.45) is 3.85. The van der Waals surface area contributed by atoms with E-state index < -0.39 is 0 Å². The van der Waals surface area contributed by atoms with E-state index in [0.717, 1.165) is 64.2 Å². The summed E-state index contributed by atoms with van der Waals surface area (Å²) < 4.78 is 6.51. The molecule has 2 N–H and O–H groups in total. The lowest BCUT2D eigenvalue weighted by Crippen LogP contribution is -2.44. The number of benzene rings is 3. The Morgan fingerprint density at radius 2 is 1.69 bits per heavy atom. The normalized spacial score (nSPS) is 18.4. The summed E-state index contributed by atoms with van der Waals surface area (Å²) in [6, 6.07) is 26.2. The number of aryl methyl sites for hydroxylation is 1. The number of nitrogens with zero attached hydrogens (tertiary/aromatic N) is 1. The van der Waals surface area contributed by atoms with E-state index in [2.05, 4.69) is 89.9 Å². The van der Waals surface area contributed by atoms with Crippen LogP contribution in [0.1, 0.15) is 47.1 Å². The fourth-order valence-corrected chi connectivity index (χ4v) is 5.42. The maximum Gasteiger partial charge on any atom is 0.123 e. The summed E-state index contributed by atoms with van der Waals surface area (Å²) in [7, 11) is 0. The summed E-state index contributed by atoms with van der Waals surface area (Å²) in [6.45, 7) is 7.84. The van der Waals surface area contributed by atoms with Gasteiger partial charge in [-0.25, -0.2) is 0 Å². The molecule has 2 heterocycles. The second-order valence-electron chi connectivity index (χ2n) is 10.1. The molecular weight excluding hydrogens is 444 g/mol. The lowest BCUT2D eigenvalue weighted by Gasteiger charge is -2.27. The Kier molecular flexibility index (Phi) is 8.17. The number of aliphatic hydroxyl groups excluding tert-OH is 1. The molecule has 1 fully saturated rings. The van der Waals surface area contributed by atoms with Crippen LogP contribution in [-0.4, -0.2) is 55.4 Å². The highest BCUT2D eigenvalue weighted by atomic mass is 16.5. The first kappa shape index (κ1) is 24.8. The van der Waals surface area contributed by atoms with Crippen molar-refractivity contribution in [3.05, 3.63) is 101 Å². The zero-order valence-corrected chi connectivity index (χ0v) is 21.4. The van der Waals surface area contributed by atoms with E-state index in [4.69, 9.17) is 4.74 Å². The summed E-state index contributed by atoms with van der Waals surface area (Å²) >= 11 is 0. The number of aliphatic hydroxyl groups is 1. The molecule has 2 aliphatic heterocycles. The third kappa shape index (κ3) is 5.89. The van der Waals surface area contributed by atoms with Crippen molar-refractivity contribution in [1.82, 2.24) is 10.2 Å². The van der Waals surface area contributed by atoms with Gasteiger partial charge in [0.1, 0.15) is 11.9 Å². The van der Waals surface area contributed by atoms with Crippen LogP contribution in [0, 0.1) is 6.92 Å². The number of nitrogens with one attached hydrogen (secondary N) is 1. The van der Waals surface area contributed by atoms with Gasteiger partial charge >= 0.3 is 0 Å². The minimum Gasteiger partial charge on any atom is -0.490 e. The lowest BCUT2D eigenvalue weighted by atomic mass is 9.86. The molecule has 3 aromatic carbocycles. The quantitative estimate of drug-likeness (QED) is 0.405. The average Bonchev–Trinajstić information content (AvgIpc) is 3.34. The Morgan fingerprint density at radius 1 is 0.944 bits per heavy atom. The molecule has 0 bridgehead atoms. The number of rotatable bonds is 9. The van der Waals surface area contributed by atoms with Gasteiger partial charge < -0.3 is 20.1 Å². The van der Waals surface area contributed by atoms with Crippen LogP contribution in [-0.2, 0) is 6.42 Å². The molecule has 36 heavy (non-hydrogen) atoms. The molecule has 2 aliphatic rings. The van der Waals surface area contributed by atoms with E-state index in [1.165, 1.54) is 39.0 Å². The Balaban J connectivity index is 1.47. The van der Waals surface area contributed by atoms with Crippen LogP contribution in [0.5, 0.6) is 5.75 Å².